The molecule has 5 rings (SSSR count). The number of imidazole rings is 1. The van der Waals surface area contributed by atoms with Crippen LogP contribution in [0.1, 0.15) is 38.0 Å². The van der Waals surface area contributed by atoms with E-state index in [0.717, 1.165) is 12.1 Å². The van der Waals surface area contributed by atoms with Crippen molar-refractivity contribution in [2.75, 3.05) is 5.32 Å². The lowest BCUT2D eigenvalue weighted by atomic mass is 10.1. The zero-order valence-corrected chi connectivity index (χ0v) is 15.7. The number of aromatic nitrogens is 4. The average Bonchev–Trinajstić information content (AvgIpc) is 3.24. The third-order valence-electron chi connectivity index (χ3n) is 5.59. The topological polar surface area (TPSA) is 94.2 Å². The van der Waals surface area contributed by atoms with Crippen molar-refractivity contribution < 1.29 is 9.84 Å². The van der Waals surface area contributed by atoms with Crippen molar-refractivity contribution in [3.63, 3.8) is 0 Å². The van der Waals surface area contributed by atoms with Crippen molar-refractivity contribution in [2.45, 2.75) is 57.6 Å². The molecule has 0 radical (unpaired) electrons. The second-order valence-corrected chi connectivity index (χ2v) is 7.53. The first kappa shape index (κ1) is 17.4. The molecule has 8 heteroatoms. The number of nitrogens with one attached hydrogen (secondary N) is 1. The summed E-state index contributed by atoms with van der Waals surface area (Å²) in [5, 5.41) is 13.6. The first-order chi connectivity index (χ1) is 13.6. The molecule has 2 N–H and O–H groups in total. The summed E-state index contributed by atoms with van der Waals surface area (Å²) in [5.41, 5.74) is 2.79. The number of aryl methyl sites for hydroxylation is 1. The Morgan fingerprint density at radius 1 is 1.32 bits per heavy atom. The molecule has 2 aromatic heterocycles. The standard InChI is InChI=1S/C20H23N5O3/c1-2-3-4-12-5-7-13(8-6-12)22-20-23-18(27)17-19-24(20)10-15-14(26)9-16(28-15)25(19)11-21-17/h5-8,11,14-16,26H,2-4,9-10H2,1H3,(H,22,23,27)/t14-,15+,16+/m0/s1. The van der Waals surface area contributed by atoms with E-state index in [1.165, 1.54) is 18.4 Å². The van der Waals surface area contributed by atoms with Crippen LogP contribution in [0.3, 0.4) is 0 Å². The smallest absolute Gasteiger partial charge is 0.302 e. The minimum Gasteiger partial charge on any atom is -0.390 e. The molecule has 0 aliphatic carbocycles. The summed E-state index contributed by atoms with van der Waals surface area (Å²) in [4.78, 5) is 21.0. The van der Waals surface area contributed by atoms with E-state index < -0.39 is 6.10 Å². The summed E-state index contributed by atoms with van der Waals surface area (Å²) in [6, 6.07) is 8.19. The monoisotopic (exact) mass is 381 g/mol. The Kier molecular flexibility index (Phi) is 4.17. The number of nitrogens with zero attached hydrogens (tertiary/aromatic N) is 4. The molecule has 28 heavy (non-hydrogen) atoms. The number of fused-ring (bicyclic) bond motifs is 3. The predicted molar refractivity (Wildman–Crippen MR) is 105 cm³/mol. The van der Waals surface area contributed by atoms with Crippen LogP contribution in [0.4, 0.5) is 11.6 Å². The van der Waals surface area contributed by atoms with Gasteiger partial charge in [0.25, 0.3) is 0 Å². The highest BCUT2D eigenvalue weighted by atomic mass is 16.5. The molecule has 4 heterocycles. The first-order valence-electron chi connectivity index (χ1n) is 9.81. The van der Waals surface area contributed by atoms with Gasteiger partial charge in [0.2, 0.25) is 5.95 Å². The van der Waals surface area contributed by atoms with Gasteiger partial charge in [0.05, 0.1) is 19.0 Å². The fourth-order valence-corrected chi connectivity index (χ4v) is 4.06. The zero-order chi connectivity index (χ0) is 19.3. The van der Waals surface area contributed by atoms with E-state index in [1.807, 2.05) is 21.3 Å². The van der Waals surface area contributed by atoms with Gasteiger partial charge in [-0.05, 0) is 30.5 Å². The van der Waals surface area contributed by atoms with Crippen LogP contribution in [0.2, 0.25) is 0 Å². The van der Waals surface area contributed by atoms with E-state index in [1.54, 1.807) is 6.33 Å². The highest BCUT2D eigenvalue weighted by Crippen LogP contribution is 2.36. The zero-order valence-electron chi connectivity index (χ0n) is 15.7. The van der Waals surface area contributed by atoms with Crippen molar-refractivity contribution in [2.24, 2.45) is 0 Å². The highest BCUT2D eigenvalue weighted by Gasteiger charge is 2.39. The van der Waals surface area contributed by atoms with Crippen LogP contribution in [-0.4, -0.2) is 36.4 Å². The van der Waals surface area contributed by atoms with Crippen LogP contribution in [0, 0.1) is 0 Å². The van der Waals surface area contributed by atoms with E-state index >= 15 is 0 Å². The van der Waals surface area contributed by atoms with E-state index in [9.17, 15) is 9.90 Å². The number of aliphatic hydroxyl groups excluding tert-OH is 1. The fraction of sp³-hybridized carbons (Fsp3) is 0.450. The molecule has 2 aliphatic heterocycles. The third kappa shape index (κ3) is 2.80. The number of hydrogen-bond acceptors (Lipinski definition) is 6. The number of hydrogen-bond donors (Lipinski definition) is 2. The van der Waals surface area contributed by atoms with Gasteiger partial charge in [0.15, 0.2) is 11.2 Å². The lowest BCUT2D eigenvalue weighted by Gasteiger charge is -2.19. The summed E-state index contributed by atoms with van der Waals surface area (Å²) in [6.45, 7) is 2.59. The van der Waals surface area contributed by atoms with Crippen molar-refractivity contribution in [1.82, 2.24) is 19.1 Å². The largest absolute Gasteiger partial charge is 0.390 e. The molecule has 1 fully saturated rings. The van der Waals surface area contributed by atoms with Crippen molar-refractivity contribution in [1.29, 1.82) is 0 Å². The van der Waals surface area contributed by atoms with Gasteiger partial charge in [0, 0.05) is 12.1 Å². The van der Waals surface area contributed by atoms with Crippen LogP contribution >= 0.6 is 0 Å². The molecule has 2 aliphatic rings. The van der Waals surface area contributed by atoms with E-state index in [2.05, 4.69) is 34.3 Å². The van der Waals surface area contributed by atoms with Gasteiger partial charge < -0.3 is 15.2 Å². The maximum absolute atomic E-state index is 12.5. The minimum absolute atomic E-state index is 0.314. The van der Waals surface area contributed by atoms with Gasteiger partial charge in [-0.3, -0.25) is 13.9 Å². The molecule has 3 aromatic rings. The normalized spacial score (nSPS) is 23.1. The molecule has 1 aromatic carbocycles. The van der Waals surface area contributed by atoms with Gasteiger partial charge in [-0.2, -0.15) is 4.98 Å². The van der Waals surface area contributed by atoms with Crippen molar-refractivity contribution in [3.8, 4) is 0 Å². The minimum atomic E-state index is -0.555. The molecule has 0 saturated carbocycles. The van der Waals surface area contributed by atoms with Gasteiger partial charge in [-0.25, -0.2) is 4.98 Å². The number of unbranched alkanes of at least 4 members (excludes halogenated alkanes) is 1. The van der Waals surface area contributed by atoms with Gasteiger partial charge in [0.1, 0.15) is 12.3 Å². The number of ether oxygens (including phenoxy) is 1. The lowest BCUT2D eigenvalue weighted by molar-refractivity contribution is -0.0178. The van der Waals surface area contributed by atoms with Crippen LogP contribution in [0.5, 0.6) is 0 Å². The molecule has 1 saturated heterocycles. The van der Waals surface area contributed by atoms with Gasteiger partial charge >= 0.3 is 5.56 Å². The van der Waals surface area contributed by atoms with Crippen LogP contribution in [-0.2, 0) is 17.7 Å². The van der Waals surface area contributed by atoms with Crippen molar-refractivity contribution in [3.05, 3.63) is 46.5 Å². The Balaban J connectivity index is 1.54. The molecule has 0 spiro atoms. The quantitative estimate of drug-likeness (QED) is 0.705. The highest BCUT2D eigenvalue weighted by molar-refractivity contribution is 5.73. The van der Waals surface area contributed by atoms with E-state index in [-0.39, 0.29) is 17.9 Å². The van der Waals surface area contributed by atoms with E-state index in [4.69, 9.17) is 4.74 Å². The molecule has 3 atom stereocenters. The lowest BCUT2D eigenvalue weighted by Crippen LogP contribution is -2.29. The average molecular weight is 381 g/mol. The van der Waals surface area contributed by atoms with Crippen LogP contribution in [0.25, 0.3) is 11.2 Å². The van der Waals surface area contributed by atoms with Crippen LogP contribution < -0.4 is 10.9 Å². The summed E-state index contributed by atoms with van der Waals surface area (Å²) in [5.74, 6) is 0.434. The first-order valence-corrected chi connectivity index (χ1v) is 9.81. The maximum Gasteiger partial charge on any atom is 0.302 e. The Hall–Kier alpha value is -2.71. The van der Waals surface area contributed by atoms with Gasteiger partial charge in [-0.1, -0.05) is 25.5 Å². The summed E-state index contributed by atoms with van der Waals surface area (Å²) < 4.78 is 9.68. The maximum atomic E-state index is 12.5. The van der Waals surface area contributed by atoms with E-state index in [0.29, 0.717) is 30.1 Å². The molecule has 146 valence electrons. The summed E-state index contributed by atoms with van der Waals surface area (Å²) in [6.07, 6.45) is 4.28. The SMILES string of the molecule is CCCCc1ccc(Nc2nc(=O)c3ncn4c3n2C[C@H]2O[C@@H]4C[C@@H]2O)cc1. The fourth-order valence-electron chi connectivity index (χ4n) is 4.06. The number of benzene rings is 1. The summed E-state index contributed by atoms with van der Waals surface area (Å²) >= 11 is 0. The number of aliphatic hydroxyl groups is 1. The third-order valence-corrected chi connectivity index (χ3v) is 5.59. The second-order valence-electron chi connectivity index (χ2n) is 7.53. The molecule has 2 bridgehead atoms. The molecule has 8 nitrogen and oxygen atoms in total. The Labute approximate surface area is 161 Å². The summed E-state index contributed by atoms with van der Waals surface area (Å²) in [7, 11) is 0. The van der Waals surface area contributed by atoms with Crippen LogP contribution in [0.15, 0.2) is 35.4 Å². The predicted octanol–water partition coefficient (Wildman–Crippen LogP) is 2.34. The molecule has 0 amide bonds. The Morgan fingerprint density at radius 2 is 2.14 bits per heavy atom. The van der Waals surface area contributed by atoms with Crippen molar-refractivity contribution >= 4 is 22.8 Å². The Bertz CT molecular complexity index is 1070. The molecular weight excluding hydrogens is 358 g/mol. The Morgan fingerprint density at radius 3 is 2.93 bits per heavy atom. The second kappa shape index (κ2) is 6.72. The van der Waals surface area contributed by atoms with Gasteiger partial charge in [-0.15, -0.1) is 0 Å². The molecular formula is C20H23N5O3. The molecule has 0 unspecified atom stereocenters. The number of rotatable bonds is 5. The number of anilines is 2.